The van der Waals surface area contributed by atoms with E-state index >= 15 is 0 Å². The third-order valence-electron chi connectivity index (χ3n) is 6.77. The minimum atomic E-state index is 0.261. The zero-order valence-electron chi connectivity index (χ0n) is 14.4. The summed E-state index contributed by atoms with van der Waals surface area (Å²) < 4.78 is 6.13. The summed E-state index contributed by atoms with van der Waals surface area (Å²) in [4.78, 5) is 15.1. The molecular weight excluding hydrogens is 354 g/mol. The molecule has 0 aromatic rings. The molecule has 4 bridgehead atoms. The lowest BCUT2D eigenvalue weighted by molar-refractivity contribution is -0.142. The molecular formula is C19H30BrNO2. The second-order valence-electron chi connectivity index (χ2n) is 8.85. The van der Waals surface area contributed by atoms with Gasteiger partial charge in [0.15, 0.2) is 0 Å². The van der Waals surface area contributed by atoms with Crippen molar-refractivity contribution >= 4 is 21.8 Å². The van der Waals surface area contributed by atoms with Gasteiger partial charge in [0.1, 0.15) is 0 Å². The maximum atomic E-state index is 13.0. The van der Waals surface area contributed by atoms with Crippen LogP contribution in [0.5, 0.6) is 0 Å². The molecule has 0 N–H and O–H groups in total. The van der Waals surface area contributed by atoms with Gasteiger partial charge in [-0.05, 0) is 75.5 Å². The third-order valence-corrected chi connectivity index (χ3v) is 7.70. The van der Waals surface area contributed by atoms with Crippen molar-refractivity contribution in [3.8, 4) is 0 Å². The maximum Gasteiger partial charge on any atom is 0.223 e. The number of nitrogens with zero attached hydrogens (tertiary/aromatic N) is 1. The van der Waals surface area contributed by atoms with Crippen molar-refractivity contribution in [2.24, 2.45) is 17.3 Å². The molecule has 5 rings (SSSR count). The van der Waals surface area contributed by atoms with Crippen molar-refractivity contribution < 1.29 is 9.53 Å². The fourth-order valence-electron chi connectivity index (χ4n) is 6.51. The molecule has 0 spiro atoms. The molecule has 1 aliphatic heterocycles. The topological polar surface area (TPSA) is 29.5 Å². The van der Waals surface area contributed by atoms with Gasteiger partial charge in [0.2, 0.25) is 5.91 Å². The molecule has 5 aliphatic rings. The Morgan fingerprint density at radius 1 is 1.26 bits per heavy atom. The lowest BCUT2D eigenvalue weighted by Crippen LogP contribution is -2.54. The molecule has 3 atom stereocenters. The largest absolute Gasteiger partial charge is 0.377 e. The predicted octanol–water partition coefficient (Wildman–Crippen LogP) is 4.14. The first-order valence-electron chi connectivity index (χ1n) is 9.58. The first-order valence-corrected chi connectivity index (χ1v) is 10.4. The quantitative estimate of drug-likeness (QED) is 0.682. The molecule has 3 nitrogen and oxygen atoms in total. The van der Waals surface area contributed by atoms with E-state index in [9.17, 15) is 4.79 Å². The van der Waals surface area contributed by atoms with E-state index in [1.165, 1.54) is 38.5 Å². The first kappa shape index (κ1) is 16.4. The third kappa shape index (κ3) is 3.22. The van der Waals surface area contributed by atoms with Gasteiger partial charge in [0.05, 0.1) is 6.10 Å². The highest BCUT2D eigenvalue weighted by Crippen LogP contribution is 2.65. The smallest absolute Gasteiger partial charge is 0.223 e. The summed E-state index contributed by atoms with van der Waals surface area (Å²) in [5, 5.41) is 0. The summed E-state index contributed by atoms with van der Waals surface area (Å²) in [7, 11) is 0. The normalized spacial score (nSPS) is 45.5. The number of carbonyl (C=O) groups excluding carboxylic acids is 1. The van der Waals surface area contributed by atoms with Crippen LogP contribution in [0.4, 0.5) is 0 Å². The molecule has 1 saturated heterocycles. The minimum absolute atomic E-state index is 0.261. The lowest BCUT2D eigenvalue weighted by Gasteiger charge is -2.60. The maximum absolute atomic E-state index is 13.0. The molecule has 23 heavy (non-hydrogen) atoms. The monoisotopic (exact) mass is 383 g/mol. The van der Waals surface area contributed by atoms with Crippen LogP contribution in [0.2, 0.25) is 0 Å². The van der Waals surface area contributed by atoms with Crippen LogP contribution in [0.25, 0.3) is 0 Å². The summed E-state index contributed by atoms with van der Waals surface area (Å²) in [5.41, 5.74) is 0.295. The van der Waals surface area contributed by atoms with Crippen molar-refractivity contribution in [1.82, 2.24) is 4.90 Å². The fourth-order valence-corrected chi connectivity index (χ4v) is 8.02. The van der Waals surface area contributed by atoms with E-state index in [-0.39, 0.29) is 6.10 Å². The number of alkyl halides is 1. The number of likely N-dealkylation sites (tertiary alicyclic amines) is 1. The average Bonchev–Trinajstić information content (AvgIpc) is 2.44. The van der Waals surface area contributed by atoms with Gasteiger partial charge in [-0.1, -0.05) is 15.9 Å². The number of hydrogen-bond donors (Lipinski definition) is 0. The van der Waals surface area contributed by atoms with Crippen molar-refractivity contribution in [2.75, 3.05) is 19.7 Å². The number of rotatable bonds is 4. The van der Waals surface area contributed by atoms with Gasteiger partial charge in [-0.2, -0.15) is 0 Å². The Hall–Kier alpha value is -0.0900. The molecule has 0 aromatic carbocycles. The Bertz CT molecular complexity index is 464. The van der Waals surface area contributed by atoms with Crippen LogP contribution in [0.15, 0.2) is 0 Å². The van der Waals surface area contributed by atoms with E-state index < -0.39 is 0 Å². The second kappa shape index (κ2) is 6.01. The highest BCUT2D eigenvalue weighted by Gasteiger charge is 2.57. The molecule has 130 valence electrons. The number of carbonyl (C=O) groups is 1. The van der Waals surface area contributed by atoms with Crippen LogP contribution in [0.3, 0.4) is 0 Å². The van der Waals surface area contributed by atoms with Crippen molar-refractivity contribution in [3.63, 3.8) is 0 Å². The number of halogens is 1. The summed E-state index contributed by atoms with van der Waals surface area (Å²) in [6.45, 7) is 4.55. The Labute approximate surface area is 148 Å². The van der Waals surface area contributed by atoms with Gasteiger partial charge in [-0.15, -0.1) is 0 Å². The Balaban J connectivity index is 1.42. The van der Waals surface area contributed by atoms with Crippen LogP contribution in [-0.2, 0) is 9.53 Å². The van der Waals surface area contributed by atoms with Gasteiger partial charge in [0, 0.05) is 30.4 Å². The Kier molecular flexibility index (Phi) is 4.28. The highest BCUT2D eigenvalue weighted by molar-refractivity contribution is 9.10. The van der Waals surface area contributed by atoms with E-state index in [4.69, 9.17) is 4.74 Å². The highest BCUT2D eigenvalue weighted by atomic mass is 79.9. The predicted molar refractivity (Wildman–Crippen MR) is 94.6 cm³/mol. The molecule has 0 radical (unpaired) electrons. The summed E-state index contributed by atoms with van der Waals surface area (Å²) in [6, 6.07) is 0. The van der Waals surface area contributed by atoms with Gasteiger partial charge in [0.25, 0.3) is 0 Å². The SMILES string of the molecule is CCOC1CCCN(C(=O)CC23CC4CC(CC(Br)(C4)C2)C3)C1. The standard InChI is InChI=1S/C19H30BrNO2/c1-2-23-16-4-3-5-21(12-16)17(22)11-18-7-14-6-15(8-18)10-19(20,9-14)13-18/h14-16H,2-13H2,1H3. The number of amides is 1. The van der Waals surface area contributed by atoms with Crippen LogP contribution < -0.4 is 0 Å². The van der Waals surface area contributed by atoms with Crippen LogP contribution >= 0.6 is 15.9 Å². The van der Waals surface area contributed by atoms with E-state index in [1.807, 2.05) is 6.92 Å². The Morgan fingerprint density at radius 2 is 2.00 bits per heavy atom. The van der Waals surface area contributed by atoms with Crippen LogP contribution in [0, 0.1) is 17.3 Å². The molecule has 5 fully saturated rings. The van der Waals surface area contributed by atoms with E-state index in [0.29, 0.717) is 15.6 Å². The van der Waals surface area contributed by atoms with E-state index in [1.54, 1.807) is 0 Å². The summed E-state index contributed by atoms with van der Waals surface area (Å²) in [6.07, 6.45) is 11.2. The van der Waals surface area contributed by atoms with Crippen molar-refractivity contribution in [3.05, 3.63) is 0 Å². The number of piperidine rings is 1. The average molecular weight is 384 g/mol. The summed E-state index contributed by atoms with van der Waals surface area (Å²) in [5.74, 6) is 2.12. The van der Waals surface area contributed by atoms with Crippen molar-refractivity contribution in [2.45, 2.75) is 75.1 Å². The Morgan fingerprint density at radius 3 is 2.65 bits per heavy atom. The zero-order chi connectivity index (χ0) is 16.1. The van der Waals surface area contributed by atoms with Gasteiger partial charge >= 0.3 is 0 Å². The van der Waals surface area contributed by atoms with Crippen LogP contribution in [0.1, 0.15) is 64.7 Å². The van der Waals surface area contributed by atoms with Gasteiger partial charge in [-0.3, -0.25) is 4.79 Å². The first-order chi connectivity index (χ1) is 11.0. The molecule has 4 aliphatic carbocycles. The molecule has 0 aromatic heterocycles. The number of hydrogen-bond acceptors (Lipinski definition) is 2. The summed E-state index contributed by atoms with van der Waals surface area (Å²) >= 11 is 4.06. The lowest BCUT2D eigenvalue weighted by atomic mass is 9.48. The zero-order valence-corrected chi connectivity index (χ0v) is 15.9. The molecule has 1 amide bonds. The molecule has 4 saturated carbocycles. The molecule has 1 heterocycles. The molecule has 4 heteroatoms. The van der Waals surface area contributed by atoms with Crippen molar-refractivity contribution in [1.29, 1.82) is 0 Å². The van der Waals surface area contributed by atoms with Crippen LogP contribution in [-0.4, -0.2) is 40.9 Å². The minimum Gasteiger partial charge on any atom is -0.377 e. The van der Waals surface area contributed by atoms with Gasteiger partial charge < -0.3 is 9.64 Å². The molecule has 3 unspecified atom stereocenters. The van der Waals surface area contributed by atoms with E-state index in [2.05, 4.69) is 20.8 Å². The fraction of sp³-hybridized carbons (Fsp3) is 0.947. The second-order valence-corrected chi connectivity index (χ2v) is 10.5. The van der Waals surface area contributed by atoms with Gasteiger partial charge in [-0.25, -0.2) is 0 Å². The number of ether oxygens (including phenoxy) is 1. The van der Waals surface area contributed by atoms with E-state index in [0.717, 1.165) is 50.8 Å².